The van der Waals surface area contributed by atoms with E-state index >= 15 is 0 Å². The Hall–Kier alpha value is -1.81. The molecule has 0 aromatic heterocycles. The van der Waals surface area contributed by atoms with E-state index in [4.69, 9.17) is 5.73 Å². The number of carbonyl (C=O) groups is 4. The van der Waals surface area contributed by atoms with Gasteiger partial charge in [0.25, 0.3) is 0 Å². The highest BCUT2D eigenvalue weighted by Crippen LogP contribution is 2.25. The average Bonchev–Trinajstić information content (AvgIpc) is 3.32. The van der Waals surface area contributed by atoms with Crippen LogP contribution in [0, 0.1) is 0 Å². The second kappa shape index (κ2) is 9.93. The van der Waals surface area contributed by atoms with E-state index in [-0.39, 0.29) is 24.3 Å². The summed E-state index contributed by atoms with van der Waals surface area (Å²) in [5.41, 5.74) is 5.78. The molecule has 3 atom stereocenters. The molecule has 0 bridgehead atoms. The lowest BCUT2D eigenvalue weighted by Crippen LogP contribution is -2.53. The Balaban J connectivity index is 1.91. The van der Waals surface area contributed by atoms with Crippen molar-refractivity contribution in [2.24, 2.45) is 5.73 Å². The number of thioether (sulfide) groups is 1. The number of nitrogens with zero attached hydrogens (tertiary/aromatic N) is 2. The molecule has 0 spiro atoms. The number of carbonyl (C=O) groups excluding carboxylic acids is 3. The molecular formula is C17H28N4O5S. The first kappa shape index (κ1) is 21.5. The van der Waals surface area contributed by atoms with Crippen molar-refractivity contribution in [3.8, 4) is 0 Å². The topological polar surface area (TPSA) is 133 Å². The summed E-state index contributed by atoms with van der Waals surface area (Å²) in [6, 6.07) is -2.13. The standard InChI is InChI=1S/C17H28N4O5S/c1-27-9-6-11(18)15(23)19-10-14(22)20-7-2-4-12(20)16(24)21-8-3-5-13(21)17(25)26/h11-13H,2-10,18H2,1H3,(H,19,23)(H,25,26). The maximum Gasteiger partial charge on any atom is 0.326 e. The lowest BCUT2D eigenvalue weighted by molar-refractivity contribution is -0.151. The maximum atomic E-state index is 12.8. The van der Waals surface area contributed by atoms with Gasteiger partial charge in [-0.15, -0.1) is 0 Å². The molecule has 2 aliphatic heterocycles. The SMILES string of the molecule is CSCCC(N)C(=O)NCC(=O)N1CCCC1C(=O)N1CCCC1C(=O)O. The van der Waals surface area contributed by atoms with Crippen LogP contribution in [0.25, 0.3) is 0 Å². The molecule has 0 radical (unpaired) electrons. The lowest BCUT2D eigenvalue weighted by atomic mass is 10.1. The molecule has 9 nitrogen and oxygen atoms in total. The van der Waals surface area contributed by atoms with Crippen LogP contribution in [0.2, 0.25) is 0 Å². The molecule has 0 aromatic carbocycles. The van der Waals surface area contributed by atoms with Gasteiger partial charge in [-0.05, 0) is 44.1 Å². The first-order chi connectivity index (χ1) is 12.9. The molecule has 27 heavy (non-hydrogen) atoms. The Bertz CT molecular complexity index is 588. The Kier molecular flexibility index (Phi) is 7.91. The van der Waals surface area contributed by atoms with E-state index in [9.17, 15) is 24.3 Å². The Morgan fingerprint density at radius 2 is 1.78 bits per heavy atom. The van der Waals surface area contributed by atoms with Gasteiger partial charge in [0.2, 0.25) is 17.7 Å². The van der Waals surface area contributed by atoms with Crippen molar-refractivity contribution < 1.29 is 24.3 Å². The summed E-state index contributed by atoms with van der Waals surface area (Å²) in [5, 5.41) is 11.8. The average molecular weight is 401 g/mol. The van der Waals surface area contributed by atoms with Gasteiger partial charge in [-0.25, -0.2) is 4.79 Å². The van der Waals surface area contributed by atoms with Crippen molar-refractivity contribution in [1.82, 2.24) is 15.1 Å². The summed E-state index contributed by atoms with van der Waals surface area (Å²) in [4.78, 5) is 51.4. The van der Waals surface area contributed by atoms with Gasteiger partial charge < -0.3 is 26.0 Å². The number of likely N-dealkylation sites (tertiary alicyclic amines) is 2. The van der Waals surface area contributed by atoms with Crippen molar-refractivity contribution in [3.05, 3.63) is 0 Å². The summed E-state index contributed by atoms with van der Waals surface area (Å²) in [6.45, 7) is 0.614. The first-order valence-corrected chi connectivity index (χ1v) is 10.6. The van der Waals surface area contributed by atoms with Crippen LogP contribution < -0.4 is 11.1 Å². The molecule has 2 heterocycles. The predicted octanol–water partition coefficient (Wildman–Crippen LogP) is -0.750. The molecule has 2 fully saturated rings. The van der Waals surface area contributed by atoms with Gasteiger partial charge in [0.05, 0.1) is 12.6 Å². The van der Waals surface area contributed by atoms with Crippen molar-refractivity contribution in [2.45, 2.75) is 50.2 Å². The number of carboxylic acid groups (broad SMARTS) is 1. The third-order valence-electron chi connectivity index (χ3n) is 5.06. The zero-order valence-electron chi connectivity index (χ0n) is 15.6. The minimum absolute atomic E-state index is 0.210. The van der Waals surface area contributed by atoms with E-state index in [1.54, 1.807) is 11.8 Å². The van der Waals surface area contributed by atoms with Gasteiger partial charge in [-0.3, -0.25) is 14.4 Å². The van der Waals surface area contributed by atoms with Crippen LogP contribution in [0.4, 0.5) is 0 Å². The molecule has 0 aromatic rings. The fourth-order valence-corrected chi connectivity index (χ4v) is 4.06. The van der Waals surface area contributed by atoms with Crippen molar-refractivity contribution in [1.29, 1.82) is 0 Å². The Labute approximate surface area is 163 Å². The van der Waals surface area contributed by atoms with Gasteiger partial charge in [-0.1, -0.05) is 0 Å². The molecule has 4 N–H and O–H groups in total. The number of carboxylic acids is 1. The second-order valence-corrected chi connectivity index (χ2v) is 7.86. The van der Waals surface area contributed by atoms with Crippen LogP contribution in [-0.4, -0.2) is 88.4 Å². The molecule has 152 valence electrons. The van der Waals surface area contributed by atoms with Crippen LogP contribution in [0.1, 0.15) is 32.1 Å². The van der Waals surface area contributed by atoms with Gasteiger partial charge in [0.1, 0.15) is 12.1 Å². The molecule has 2 rings (SSSR count). The maximum absolute atomic E-state index is 12.8. The van der Waals surface area contributed by atoms with Crippen LogP contribution >= 0.6 is 11.8 Å². The summed E-state index contributed by atoms with van der Waals surface area (Å²) in [7, 11) is 0. The molecular weight excluding hydrogens is 372 g/mol. The highest BCUT2D eigenvalue weighted by atomic mass is 32.2. The molecule has 3 unspecified atom stereocenters. The minimum atomic E-state index is -1.01. The lowest BCUT2D eigenvalue weighted by Gasteiger charge is -2.30. The number of amides is 3. The number of nitrogens with one attached hydrogen (secondary N) is 1. The Morgan fingerprint density at radius 3 is 2.41 bits per heavy atom. The third kappa shape index (κ3) is 5.35. The quantitative estimate of drug-likeness (QED) is 0.488. The zero-order chi connectivity index (χ0) is 20.0. The van der Waals surface area contributed by atoms with E-state index in [2.05, 4.69) is 5.32 Å². The molecule has 2 aliphatic rings. The van der Waals surface area contributed by atoms with E-state index in [1.807, 2.05) is 6.26 Å². The number of hydrogen-bond acceptors (Lipinski definition) is 6. The van der Waals surface area contributed by atoms with E-state index < -0.39 is 24.1 Å². The van der Waals surface area contributed by atoms with E-state index in [1.165, 1.54) is 9.80 Å². The predicted molar refractivity (Wildman–Crippen MR) is 101 cm³/mol. The number of nitrogens with two attached hydrogens (primary N) is 1. The Morgan fingerprint density at radius 1 is 1.15 bits per heavy atom. The summed E-state index contributed by atoms with van der Waals surface area (Å²) in [5.74, 6) is -1.30. The smallest absolute Gasteiger partial charge is 0.326 e. The number of aliphatic carboxylic acids is 1. The molecule has 10 heteroatoms. The first-order valence-electron chi connectivity index (χ1n) is 9.21. The summed E-state index contributed by atoms with van der Waals surface area (Å²) in [6.07, 6.45) is 4.72. The van der Waals surface area contributed by atoms with Crippen LogP contribution in [-0.2, 0) is 19.2 Å². The highest BCUT2D eigenvalue weighted by molar-refractivity contribution is 7.98. The molecule has 2 saturated heterocycles. The fraction of sp³-hybridized carbons (Fsp3) is 0.765. The monoisotopic (exact) mass is 400 g/mol. The molecule has 0 saturated carbocycles. The van der Waals surface area contributed by atoms with Gasteiger partial charge in [0, 0.05) is 13.1 Å². The van der Waals surface area contributed by atoms with Crippen molar-refractivity contribution >= 4 is 35.5 Å². The fourth-order valence-electron chi connectivity index (χ4n) is 3.57. The van der Waals surface area contributed by atoms with Crippen molar-refractivity contribution in [3.63, 3.8) is 0 Å². The summed E-state index contributed by atoms with van der Waals surface area (Å²) < 4.78 is 0. The second-order valence-electron chi connectivity index (χ2n) is 6.88. The third-order valence-corrected chi connectivity index (χ3v) is 5.71. The van der Waals surface area contributed by atoms with Crippen LogP contribution in [0.3, 0.4) is 0 Å². The minimum Gasteiger partial charge on any atom is -0.480 e. The van der Waals surface area contributed by atoms with E-state index in [0.717, 1.165) is 5.75 Å². The summed E-state index contributed by atoms with van der Waals surface area (Å²) >= 11 is 1.59. The number of hydrogen-bond donors (Lipinski definition) is 3. The van der Waals surface area contributed by atoms with Gasteiger partial charge in [-0.2, -0.15) is 11.8 Å². The van der Waals surface area contributed by atoms with Gasteiger partial charge in [0.15, 0.2) is 0 Å². The molecule has 3 amide bonds. The largest absolute Gasteiger partial charge is 0.480 e. The van der Waals surface area contributed by atoms with Crippen LogP contribution in [0.5, 0.6) is 0 Å². The highest BCUT2D eigenvalue weighted by Gasteiger charge is 2.42. The molecule has 0 aliphatic carbocycles. The van der Waals surface area contributed by atoms with E-state index in [0.29, 0.717) is 45.2 Å². The number of rotatable bonds is 8. The van der Waals surface area contributed by atoms with Gasteiger partial charge >= 0.3 is 5.97 Å². The van der Waals surface area contributed by atoms with Crippen LogP contribution in [0.15, 0.2) is 0 Å². The van der Waals surface area contributed by atoms with Crippen molar-refractivity contribution in [2.75, 3.05) is 31.6 Å². The normalized spacial score (nSPS) is 23.3. The zero-order valence-corrected chi connectivity index (χ0v) is 16.4.